The average Bonchev–Trinajstić information content (AvgIpc) is 2.78. The predicted molar refractivity (Wildman–Crippen MR) is 65.5 cm³/mol. The summed E-state index contributed by atoms with van der Waals surface area (Å²) in [6.07, 6.45) is 7.58. The van der Waals surface area contributed by atoms with Crippen molar-refractivity contribution in [3.8, 4) is 0 Å². The number of rotatable bonds is 1. The van der Waals surface area contributed by atoms with Gasteiger partial charge in [-0.05, 0) is 62.9 Å². The van der Waals surface area contributed by atoms with E-state index in [0.29, 0.717) is 23.3 Å². The Balaban J connectivity index is 1.45. The van der Waals surface area contributed by atoms with Crippen LogP contribution in [0.3, 0.4) is 0 Å². The quantitative estimate of drug-likeness (QED) is 0.743. The van der Waals surface area contributed by atoms with Gasteiger partial charge in [0.2, 0.25) is 5.91 Å². The summed E-state index contributed by atoms with van der Waals surface area (Å²) in [6, 6.07) is 0.617. The van der Waals surface area contributed by atoms with E-state index in [9.17, 15) is 4.79 Å². The molecule has 0 radical (unpaired) electrons. The number of nitrogens with one attached hydrogen (secondary N) is 1. The minimum Gasteiger partial charge on any atom is -0.339 e. The van der Waals surface area contributed by atoms with Crippen molar-refractivity contribution in [2.45, 2.75) is 44.6 Å². The van der Waals surface area contributed by atoms with E-state index < -0.39 is 0 Å². The van der Waals surface area contributed by atoms with E-state index in [0.717, 1.165) is 25.6 Å². The fourth-order valence-electron chi connectivity index (χ4n) is 4.57. The van der Waals surface area contributed by atoms with E-state index in [-0.39, 0.29) is 0 Å². The van der Waals surface area contributed by atoms with Crippen LogP contribution in [0.15, 0.2) is 0 Å². The molecule has 17 heavy (non-hydrogen) atoms. The zero-order valence-electron chi connectivity index (χ0n) is 10.5. The summed E-state index contributed by atoms with van der Waals surface area (Å²) in [6.45, 7) is 3.32. The number of piperidine rings is 2. The smallest absolute Gasteiger partial charge is 0.226 e. The minimum atomic E-state index is 0.393. The van der Waals surface area contributed by atoms with Crippen LogP contribution in [-0.2, 0) is 4.79 Å². The lowest BCUT2D eigenvalue weighted by molar-refractivity contribution is -0.135. The van der Waals surface area contributed by atoms with Crippen LogP contribution in [0.2, 0.25) is 0 Å². The molecule has 2 saturated carbocycles. The maximum atomic E-state index is 12.6. The van der Waals surface area contributed by atoms with Gasteiger partial charge in [-0.1, -0.05) is 0 Å². The van der Waals surface area contributed by atoms with Crippen molar-refractivity contribution in [2.75, 3.05) is 19.6 Å². The Morgan fingerprint density at radius 2 is 2.06 bits per heavy atom. The Morgan fingerprint density at radius 3 is 2.71 bits per heavy atom. The lowest BCUT2D eigenvalue weighted by atomic mass is 9.91. The Labute approximate surface area is 103 Å². The molecular formula is C14H22N2O. The van der Waals surface area contributed by atoms with E-state index in [1.165, 1.54) is 38.5 Å². The van der Waals surface area contributed by atoms with Crippen LogP contribution < -0.4 is 5.32 Å². The number of carbonyl (C=O) groups excluding carboxylic acids is 1. The molecule has 3 atom stereocenters. The molecule has 2 saturated heterocycles. The molecule has 2 heterocycles. The number of likely N-dealkylation sites (tertiary alicyclic amines) is 1. The minimum absolute atomic E-state index is 0.393. The molecule has 0 aromatic rings. The molecule has 1 amide bonds. The normalized spacial score (nSPS) is 42.1. The molecule has 2 bridgehead atoms. The number of hydrogen-bond acceptors (Lipinski definition) is 2. The maximum Gasteiger partial charge on any atom is 0.226 e. The topological polar surface area (TPSA) is 32.3 Å². The van der Waals surface area contributed by atoms with Crippen molar-refractivity contribution in [3.63, 3.8) is 0 Å². The number of amides is 1. The van der Waals surface area contributed by atoms with Gasteiger partial charge in [-0.2, -0.15) is 0 Å². The highest BCUT2D eigenvalue weighted by molar-refractivity contribution is 5.83. The third-order valence-electron chi connectivity index (χ3n) is 5.78. The third-order valence-corrected chi connectivity index (χ3v) is 5.78. The monoisotopic (exact) mass is 234 g/mol. The molecule has 4 aliphatic rings. The molecule has 2 aliphatic carbocycles. The van der Waals surface area contributed by atoms with Gasteiger partial charge in [-0.3, -0.25) is 4.79 Å². The number of fused-ring (bicyclic) bond motifs is 2. The van der Waals surface area contributed by atoms with Crippen LogP contribution in [0.1, 0.15) is 38.5 Å². The van der Waals surface area contributed by atoms with Gasteiger partial charge in [0.25, 0.3) is 0 Å². The second-order valence-corrected chi connectivity index (χ2v) is 6.69. The molecule has 2 aliphatic heterocycles. The van der Waals surface area contributed by atoms with Gasteiger partial charge >= 0.3 is 0 Å². The molecular weight excluding hydrogens is 212 g/mol. The second kappa shape index (κ2) is 3.47. The molecule has 1 N–H and O–H groups in total. The highest BCUT2D eigenvalue weighted by atomic mass is 16.2. The molecule has 0 aromatic heterocycles. The van der Waals surface area contributed by atoms with Crippen molar-refractivity contribution in [3.05, 3.63) is 0 Å². The molecule has 94 valence electrons. The largest absolute Gasteiger partial charge is 0.339 e. The van der Waals surface area contributed by atoms with Crippen molar-refractivity contribution >= 4 is 5.91 Å². The van der Waals surface area contributed by atoms with E-state index >= 15 is 0 Å². The van der Waals surface area contributed by atoms with Gasteiger partial charge < -0.3 is 10.2 Å². The van der Waals surface area contributed by atoms with Crippen LogP contribution in [0, 0.1) is 17.3 Å². The van der Waals surface area contributed by atoms with Gasteiger partial charge in [0.05, 0.1) is 0 Å². The van der Waals surface area contributed by atoms with Crippen LogP contribution in [0.25, 0.3) is 0 Å². The van der Waals surface area contributed by atoms with E-state index in [1.54, 1.807) is 0 Å². The lowest BCUT2D eigenvalue weighted by Gasteiger charge is -2.29. The summed E-state index contributed by atoms with van der Waals surface area (Å²) in [5.74, 6) is 1.75. The second-order valence-electron chi connectivity index (χ2n) is 6.69. The van der Waals surface area contributed by atoms with Crippen LogP contribution in [-0.4, -0.2) is 36.5 Å². The summed E-state index contributed by atoms with van der Waals surface area (Å²) in [4.78, 5) is 14.8. The number of hydrogen-bond donors (Lipinski definition) is 1. The van der Waals surface area contributed by atoms with Crippen molar-refractivity contribution in [1.82, 2.24) is 10.2 Å². The lowest BCUT2D eigenvalue weighted by Crippen LogP contribution is -2.40. The molecule has 4 rings (SSSR count). The number of carbonyl (C=O) groups is 1. The van der Waals surface area contributed by atoms with Crippen LogP contribution in [0.4, 0.5) is 0 Å². The average molecular weight is 234 g/mol. The van der Waals surface area contributed by atoms with Gasteiger partial charge in [0, 0.05) is 18.5 Å². The molecule has 3 heteroatoms. The van der Waals surface area contributed by atoms with Gasteiger partial charge in [0.1, 0.15) is 0 Å². The van der Waals surface area contributed by atoms with Crippen molar-refractivity contribution < 1.29 is 4.79 Å². The van der Waals surface area contributed by atoms with Crippen molar-refractivity contribution in [2.24, 2.45) is 17.3 Å². The van der Waals surface area contributed by atoms with Gasteiger partial charge in [0.15, 0.2) is 0 Å². The molecule has 3 unspecified atom stereocenters. The highest BCUT2D eigenvalue weighted by Crippen LogP contribution is 2.60. The van der Waals surface area contributed by atoms with E-state index in [4.69, 9.17) is 0 Å². The molecule has 3 nitrogen and oxygen atoms in total. The van der Waals surface area contributed by atoms with E-state index in [1.807, 2.05) is 0 Å². The third kappa shape index (κ3) is 1.48. The zero-order valence-corrected chi connectivity index (χ0v) is 10.5. The SMILES string of the molecule is O=C(C1CC12CCNCC2)N1CC2CCC1C2. The standard InChI is InChI=1S/C14H22N2O/c17-13(16-9-10-1-2-11(16)7-10)12-8-14(12)3-5-15-6-4-14/h10-12,15H,1-9H2. The molecule has 1 spiro atoms. The Morgan fingerprint density at radius 1 is 1.24 bits per heavy atom. The molecule has 0 aromatic carbocycles. The molecule has 4 fully saturated rings. The first-order valence-corrected chi connectivity index (χ1v) is 7.30. The highest BCUT2D eigenvalue weighted by Gasteiger charge is 2.59. The zero-order chi connectivity index (χ0) is 11.5. The Kier molecular flexibility index (Phi) is 2.11. The van der Waals surface area contributed by atoms with Gasteiger partial charge in [-0.15, -0.1) is 0 Å². The number of nitrogens with zero attached hydrogens (tertiary/aromatic N) is 1. The summed E-state index contributed by atoms with van der Waals surface area (Å²) in [7, 11) is 0. The summed E-state index contributed by atoms with van der Waals surface area (Å²) < 4.78 is 0. The van der Waals surface area contributed by atoms with Crippen LogP contribution in [0.5, 0.6) is 0 Å². The maximum absolute atomic E-state index is 12.6. The van der Waals surface area contributed by atoms with E-state index in [2.05, 4.69) is 10.2 Å². The first-order chi connectivity index (χ1) is 8.28. The fraction of sp³-hybridized carbons (Fsp3) is 0.929. The first kappa shape index (κ1) is 10.4. The van der Waals surface area contributed by atoms with Crippen LogP contribution >= 0.6 is 0 Å². The summed E-state index contributed by atoms with van der Waals surface area (Å²) >= 11 is 0. The summed E-state index contributed by atoms with van der Waals surface area (Å²) in [5, 5.41) is 3.41. The first-order valence-electron chi connectivity index (χ1n) is 7.30. The fourth-order valence-corrected chi connectivity index (χ4v) is 4.57. The Hall–Kier alpha value is -0.570. The summed E-state index contributed by atoms with van der Waals surface area (Å²) in [5.41, 5.74) is 0.421. The Bertz CT molecular complexity index is 348. The predicted octanol–water partition coefficient (Wildman–Crippen LogP) is 1.39. The van der Waals surface area contributed by atoms with Crippen molar-refractivity contribution in [1.29, 1.82) is 0 Å². The van der Waals surface area contributed by atoms with Gasteiger partial charge in [-0.25, -0.2) is 0 Å².